The first kappa shape index (κ1) is 15.8. The van der Waals surface area contributed by atoms with E-state index in [2.05, 4.69) is 11.9 Å². The topological polar surface area (TPSA) is 51.7 Å². The molecule has 0 N–H and O–H groups in total. The van der Waals surface area contributed by atoms with Crippen molar-refractivity contribution in [2.75, 3.05) is 18.6 Å². The highest BCUT2D eigenvalue weighted by molar-refractivity contribution is 7.13. The van der Waals surface area contributed by atoms with Gasteiger partial charge in [0.1, 0.15) is 22.5 Å². The van der Waals surface area contributed by atoms with Crippen LogP contribution in [0.15, 0.2) is 24.4 Å². The summed E-state index contributed by atoms with van der Waals surface area (Å²) in [6.45, 7) is 4.58. The van der Waals surface area contributed by atoms with E-state index in [-0.39, 0.29) is 12.0 Å². The van der Waals surface area contributed by atoms with Gasteiger partial charge in [-0.25, -0.2) is 4.98 Å². The van der Waals surface area contributed by atoms with Crippen LogP contribution >= 0.6 is 11.3 Å². The molecular formula is C17H20N2O3S. The summed E-state index contributed by atoms with van der Waals surface area (Å²) in [5.41, 5.74) is 0.748. The van der Waals surface area contributed by atoms with Gasteiger partial charge >= 0.3 is 0 Å². The number of thiazole rings is 1. The molecule has 1 amide bonds. The molecule has 3 rings (SSSR count). The second-order valence-corrected chi connectivity index (χ2v) is 6.66. The minimum atomic E-state index is -0.0529. The molecule has 1 atom stereocenters. The Balaban J connectivity index is 1.93. The number of fused-ring (bicyclic) bond motifs is 1. The van der Waals surface area contributed by atoms with Gasteiger partial charge < -0.3 is 14.4 Å². The van der Waals surface area contributed by atoms with E-state index < -0.39 is 0 Å². The number of nitrogens with zero attached hydrogens (tertiary/aromatic N) is 2. The molecule has 0 fully saturated rings. The Hall–Kier alpha value is -2.08. The first-order valence-electron chi connectivity index (χ1n) is 7.73. The van der Waals surface area contributed by atoms with Crippen LogP contribution in [0.25, 0.3) is 0 Å². The second-order valence-electron chi connectivity index (χ2n) is 5.55. The number of hydrogen-bond acceptors (Lipinski definition) is 5. The van der Waals surface area contributed by atoms with Gasteiger partial charge in [-0.05, 0) is 31.9 Å². The van der Waals surface area contributed by atoms with Gasteiger partial charge in [0.2, 0.25) is 0 Å². The van der Waals surface area contributed by atoms with E-state index in [9.17, 15) is 4.79 Å². The predicted molar refractivity (Wildman–Crippen MR) is 90.9 cm³/mol. The normalized spacial score (nSPS) is 16.7. The summed E-state index contributed by atoms with van der Waals surface area (Å²) in [7, 11) is 1.61. The number of ether oxygens (including phenoxy) is 2. The predicted octanol–water partition coefficient (Wildman–Crippen LogP) is 3.53. The Morgan fingerprint density at radius 3 is 3.09 bits per heavy atom. The lowest BCUT2D eigenvalue weighted by Gasteiger charge is -2.33. The third-order valence-electron chi connectivity index (χ3n) is 3.70. The number of benzene rings is 1. The highest BCUT2D eigenvalue weighted by Gasteiger charge is 2.29. The lowest BCUT2D eigenvalue weighted by molar-refractivity contribution is 0.0964. The summed E-state index contributed by atoms with van der Waals surface area (Å²) in [5.74, 6) is 1.38. The van der Waals surface area contributed by atoms with Crippen LogP contribution in [0.1, 0.15) is 34.9 Å². The van der Waals surface area contributed by atoms with Crippen molar-refractivity contribution in [2.24, 2.45) is 0 Å². The van der Waals surface area contributed by atoms with Crippen molar-refractivity contribution in [1.29, 1.82) is 0 Å². The molecule has 1 aliphatic heterocycles. The fraction of sp³-hybridized carbons (Fsp3) is 0.412. The third-order valence-corrected chi connectivity index (χ3v) is 4.74. The highest BCUT2D eigenvalue weighted by atomic mass is 32.1. The van der Waals surface area contributed by atoms with E-state index in [0.29, 0.717) is 22.9 Å². The molecule has 0 aliphatic carbocycles. The maximum absolute atomic E-state index is 12.9. The minimum absolute atomic E-state index is 0.0329. The van der Waals surface area contributed by atoms with Crippen molar-refractivity contribution in [2.45, 2.75) is 32.8 Å². The first-order chi connectivity index (χ1) is 11.1. The fourth-order valence-electron chi connectivity index (χ4n) is 2.61. The van der Waals surface area contributed by atoms with E-state index in [1.54, 1.807) is 18.2 Å². The zero-order chi connectivity index (χ0) is 16.4. The molecular weight excluding hydrogens is 312 g/mol. The lowest BCUT2D eigenvalue weighted by atomic mass is 10.2. The number of aromatic nitrogens is 1. The zero-order valence-electron chi connectivity index (χ0n) is 13.5. The monoisotopic (exact) mass is 332 g/mol. The van der Waals surface area contributed by atoms with Gasteiger partial charge in [-0.3, -0.25) is 4.79 Å². The van der Waals surface area contributed by atoms with Crippen LogP contribution in [0.5, 0.6) is 11.5 Å². The molecule has 23 heavy (non-hydrogen) atoms. The lowest BCUT2D eigenvalue weighted by Crippen LogP contribution is -2.42. The second kappa shape index (κ2) is 6.58. The van der Waals surface area contributed by atoms with Crippen LogP contribution in [0.3, 0.4) is 0 Å². The van der Waals surface area contributed by atoms with Crippen molar-refractivity contribution < 1.29 is 14.3 Å². The van der Waals surface area contributed by atoms with E-state index in [1.165, 1.54) is 11.3 Å². The molecule has 1 aromatic heterocycles. The van der Waals surface area contributed by atoms with Crippen molar-refractivity contribution in [3.05, 3.63) is 34.3 Å². The summed E-state index contributed by atoms with van der Waals surface area (Å²) in [4.78, 5) is 19.7. The van der Waals surface area contributed by atoms with Gasteiger partial charge in [0.15, 0.2) is 0 Å². The molecule has 0 radical (unpaired) electrons. The van der Waals surface area contributed by atoms with E-state index in [0.717, 1.165) is 23.5 Å². The molecule has 5 nitrogen and oxygen atoms in total. The summed E-state index contributed by atoms with van der Waals surface area (Å²) in [6, 6.07) is 5.53. The molecule has 2 heterocycles. The molecule has 2 aromatic rings. The molecule has 1 aliphatic rings. The number of carbonyl (C=O) groups excluding carboxylic acids is 1. The van der Waals surface area contributed by atoms with Crippen molar-refractivity contribution >= 4 is 22.9 Å². The van der Waals surface area contributed by atoms with Gasteiger partial charge in [-0.2, -0.15) is 0 Å². The van der Waals surface area contributed by atoms with Gasteiger partial charge in [-0.1, -0.05) is 6.92 Å². The van der Waals surface area contributed by atoms with Crippen LogP contribution in [-0.2, 0) is 6.42 Å². The standard InChI is InChI=1S/C17H20N2O3S/c1-4-5-16-18-9-15(23-16)17(20)19-10-11(2)22-14-7-6-12(21-3)8-13(14)19/h6-9,11H,4-5,10H2,1-3H3. The van der Waals surface area contributed by atoms with E-state index in [1.807, 2.05) is 25.1 Å². The molecule has 1 aromatic carbocycles. The zero-order valence-corrected chi connectivity index (χ0v) is 14.4. The SMILES string of the molecule is CCCc1ncc(C(=O)N2CC(C)Oc3ccc(OC)cc32)s1. The summed E-state index contributed by atoms with van der Waals surface area (Å²) >= 11 is 1.47. The Kier molecular flexibility index (Phi) is 4.52. The number of rotatable bonds is 4. The molecule has 122 valence electrons. The Bertz CT molecular complexity index is 714. The first-order valence-corrected chi connectivity index (χ1v) is 8.55. The average Bonchev–Trinajstić information content (AvgIpc) is 3.02. The summed E-state index contributed by atoms with van der Waals surface area (Å²) in [5, 5.41) is 1.00. The maximum atomic E-state index is 12.9. The number of hydrogen-bond donors (Lipinski definition) is 0. The number of methoxy groups -OCH3 is 1. The molecule has 0 bridgehead atoms. The third kappa shape index (κ3) is 3.17. The fourth-order valence-corrected chi connectivity index (χ4v) is 3.58. The van der Waals surface area contributed by atoms with E-state index >= 15 is 0 Å². The molecule has 0 saturated heterocycles. The molecule has 0 spiro atoms. The average molecular weight is 332 g/mol. The quantitative estimate of drug-likeness (QED) is 0.859. The summed E-state index contributed by atoms with van der Waals surface area (Å²) in [6.07, 6.45) is 3.55. The molecule has 1 unspecified atom stereocenters. The van der Waals surface area contributed by atoms with E-state index in [4.69, 9.17) is 9.47 Å². The van der Waals surface area contributed by atoms with Crippen molar-refractivity contribution in [3.63, 3.8) is 0 Å². The van der Waals surface area contributed by atoms with Crippen LogP contribution in [0, 0.1) is 0 Å². The van der Waals surface area contributed by atoms with Crippen molar-refractivity contribution in [3.8, 4) is 11.5 Å². The highest BCUT2D eigenvalue weighted by Crippen LogP contribution is 2.37. The number of amides is 1. The van der Waals surface area contributed by atoms with Crippen molar-refractivity contribution in [1.82, 2.24) is 4.98 Å². The Labute approximate surface area is 139 Å². The largest absolute Gasteiger partial charge is 0.497 e. The molecule has 6 heteroatoms. The van der Waals surface area contributed by atoms with Crippen LogP contribution in [-0.4, -0.2) is 30.6 Å². The number of carbonyl (C=O) groups is 1. The van der Waals surface area contributed by atoms with Crippen LogP contribution < -0.4 is 14.4 Å². The van der Waals surface area contributed by atoms with Gasteiger partial charge in [0.05, 0.1) is 30.5 Å². The van der Waals surface area contributed by atoms with Crippen LogP contribution in [0.2, 0.25) is 0 Å². The van der Waals surface area contributed by atoms with Gasteiger partial charge in [0.25, 0.3) is 5.91 Å². The number of aryl methyl sites for hydroxylation is 1. The smallest absolute Gasteiger partial charge is 0.270 e. The Morgan fingerprint density at radius 2 is 2.35 bits per heavy atom. The Morgan fingerprint density at radius 1 is 1.52 bits per heavy atom. The van der Waals surface area contributed by atoms with Gasteiger partial charge in [-0.15, -0.1) is 11.3 Å². The van der Waals surface area contributed by atoms with Gasteiger partial charge in [0, 0.05) is 6.07 Å². The minimum Gasteiger partial charge on any atom is -0.497 e. The van der Waals surface area contributed by atoms with Crippen LogP contribution in [0.4, 0.5) is 5.69 Å². The number of anilines is 1. The summed E-state index contributed by atoms with van der Waals surface area (Å²) < 4.78 is 11.1. The molecule has 0 saturated carbocycles. The maximum Gasteiger partial charge on any atom is 0.270 e.